The van der Waals surface area contributed by atoms with Gasteiger partial charge in [0.2, 0.25) is 0 Å². The normalized spacial score (nSPS) is 15.0. The van der Waals surface area contributed by atoms with Crippen LogP contribution in [0.15, 0.2) is 132 Å². The van der Waals surface area contributed by atoms with Crippen LogP contribution >= 0.6 is 11.3 Å². The summed E-state index contributed by atoms with van der Waals surface area (Å²) in [6.45, 7) is 0. The van der Waals surface area contributed by atoms with Crippen molar-refractivity contribution in [3.63, 3.8) is 0 Å². The molecule has 4 aromatic heterocycles. The molecule has 1 spiro atoms. The predicted octanol–water partition coefficient (Wildman–Crippen LogP) is 12.4. The van der Waals surface area contributed by atoms with Crippen molar-refractivity contribution in [2.45, 2.75) is 37.5 Å². The first-order valence-electron chi connectivity index (χ1n) is 17.6. The van der Waals surface area contributed by atoms with Gasteiger partial charge in [0.1, 0.15) is 11.2 Å². The molecule has 0 amide bonds. The Morgan fingerprint density at radius 2 is 1.36 bits per heavy atom. The molecular weight excluding hydrogens is 631 g/mol. The van der Waals surface area contributed by atoms with Crippen LogP contribution in [0.3, 0.4) is 0 Å². The standard InChI is InChI=1S/C45H31N3OS/c1-6-22-45(23-7-1)35-15-4-2-10-33(35)39-30(12-9-16-36(39)45)32-14-8-13-31-29-19-18-28(26-37(29)49-42(31)32)44-47-40(27-20-24-46-25-21-27)43-41(48-44)34-11-3-5-17-38(34)50-43/h2-5,8-21,24-26H,1,6-7,22-23H2. The summed E-state index contributed by atoms with van der Waals surface area (Å²) in [5.74, 6) is 0.686. The number of fused-ring (bicyclic) bond motifs is 11. The molecule has 1 fully saturated rings. The Morgan fingerprint density at radius 3 is 2.28 bits per heavy atom. The number of benzene rings is 5. The van der Waals surface area contributed by atoms with Crippen molar-refractivity contribution in [2.75, 3.05) is 0 Å². The van der Waals surface area contributed by atoms with Crippen LogP contribution in [0.5, 0.6) is 0 Å². The lowest BCUT2D eigenvalue weighted by atomic mass is 9.68. The van der Waals surface area contributed by atoms with E-state index >= 15 is 0 Å². The van der Waals surface area contributed by atoms with Crippen molar-refractivity contribution in [1.29, 1.82) is 0 Å². The summed E-state index contributed by atoms with van der Waals surface area (Å²) in [6, 6.07) is 41.6. The van der Waals surface area contributed by atoms with Crippen molar-refractivity contribution >= 4 is 53.6 Å². The van der Waals surface area contributed by atoms with Gasteiger partial charge in [0, 0.05) is 55.4 Å². The molecule has 0 atom stereocenters. The first-order chi connectivity index (χ1) is 24.8. The zero-order chi connectivity index (χ0) is 32.8. The number of aromatic nitrogens is 3. The summed E-state index contributed by atoms with van der Waals surface area (Å²) in [7, 11) is 0. The van der Waals surface area contributed by atoms with Gasteiger partial charge in [0.25, 0.3) is 0 Å². The second-order valence-electron chi connectivity index (χ2n) is 13.8. The molecule has 1 saturated carbocycles. The zero-order valence-electron chi connectivity index (χ0n) is 27.3. The van der Waals surface area contributed by atoms with Crippen molar-refractivity contribution in [3.05, 3.63) is 139 Å². The van der Waals surface area contributed by atoms with Gasteiger partial charge in [0.05, 0.1) is 15.9 Å². The molecule has 50 heavy (non-hydrogen) atoms. The van der Waals surface area contributed by atoms with Crippen LogP contribution in [-0.4, -0.2) is 15.0 Å². The predicted molar refractivity (Wildman–Crippen MR) is 206 cm³/mol. The topological polar surface area (TPSA) is 51.8 Å². The molecule has 0 unspecified atom stereocenters. The second kappa shape index (κ2) is 10.7. The van der Waals surface area contributed by atoms with Gasteiger partial charge in [-0.15, -0.1) is 11.3 Å². The minimum Gasteiger partial charge on any atom is -0.455 e. The van der Waals surface area contributed by atoms with Crippen LogP contribution in [0, 0.1) is 0 Å². The van der Waals surface area contributed by atoms with Gasteiger partial charge in [-0.2, -0.15) is 0 Å². The van der Waals surface area contributed by atoms with E-state index in [-0.39, 0.29) is 5.41 Å². The third-order valence-electron chi connectivity index (χ3n) is 11.2. The van der Waals surface area contributed by atoms with Gasteiger partial charge < -0.3 is 4.42 Å². The van der Waals surface area contributed by atoms with E-state index in [4.69, 9.17) is 14.4 Å². The monoisotopic (exact) mass is 661 g/mol. The van der Waals surface area contributed by atoms with Gasteiger partial charge >= 0.3 is 0 Å². The molecule has 238 valence electrons. The van der Waals surface area contributed by atoms with Gasteiger partial charge in [-0.3, -0.25) is 4.98 Å². The quantitative estimate of drug-likeness (QED) is 0.189. The maximum absolute atomic E-state index is 6.88. The van der Waals surface area contributed by atoms with Crippen LogP contribution in [0.2, 0.25) is 0 Å². The fourth-order valence-electron chi connectivity index (χ4n) is 9.00. The van der Waals surface area contributed by atoms with Crippen LogP contribution in [0.25, 0.3) is 87.1 Å². The van der Waals surface area contributed by atoms with E-state index in [9.17, 15) is 0 Å². The van der Waals surface area contributed by atoms with Crippen LogP contribution in [0.4, 0.5) is 0 Å². The minimum absolute atomic E-state index is 0.112. The molecule has 11 rings (SSSR count). The van der Waals surface area contributed by atoms with E-state index in [1.807, 2.05) is 24.5 Å². The Morgan fingerprint density at radius 1 is 0.600 bits per heavy atom. The molecule has 0 aliphatic heterocycles. The van der Waals surface area contributed by atoms with E-state index in [0.717, 1.165) is 59.9 Å². The lowest BCUT2D eigenvalue weighted by Gasteiger charge is -2.36. The van der Waals surface area contributed by atoms with Crippen molar-refractivity contribution in [1.82, 2.24) is 15.0 Å². The number of para-hydroxylation sites is 1. The number of hydrogen-bond donors (Lipinski definition) is 0. The van der Waals surface area contributed by atoms with Crippen molar-refractivity contribution < 1.29 is 4.42 Å². The lowest BCUT2D eigenvalue weighted by molar-refractivity contribution is 0.353. The summed E-state index contributed by atoms with van der Waals surface area (Å²) in [5.41, 5.74) is 13.9. The lowest BCUT2D eigenvalue weighted by Crippen LogP contribution is -2.27. The van der Waals surface area contributed by atoms with Crippen molar-refractivity contribution in [3.8, 4) is 44.9 Å². The van der Waals surface area contributed by atoms with E-state index in [1.165, 1.54) is 64.6 Å². The molecular formula is C45H31N3OS. The number of hydrogen-bond acceptors (Lipinski definition) is 5. The Kier molecular flexibility index (Phi) is 6.02. The maximum atomic E-state index is 6.88. The smallest absolute Gasteiger partial charge is 0.160 e. The maximum Gasteiger partial charge on any atom is 0.160 e. The summed E-state index contributed by atoms with van der Waals surface area (Å²) in [5, 5.41) is 3.37. The first kappa shape index (κ1) is 28.2. The highest BCUT2D eigenvalue weighted by Gasteiger charge is 2.44. The Hall–Kier alpha value is -5.65. The molecule has 2 aliphatic rings. The number of thiophene rings is 1. The highest BCUT2D eigenvalue weighted by molar-refractivity contribution is 7.26. The molecule has 9 aromatic rings. The molecule has 5 heteroatoms. The fourth-order valence-corrected chi connectivity index (χ4v) is 10.2. The minimum atomic E-state index is 0.112. The first-order valence-corrected chi connectivity index (χ1v) is 18.4. The molecule has 4 nitrogen and oxygen atoms in total. The van der Waals surface area contributed by atoms with Crippen LogP contribution in [-0.2, 0) is 5.41 Å². The Balaban J connectivity index is 1.10. The molecule has 0 bridgehead atoms. The Labute approximate surface area is 293 Å². The number of pyridine rings is 1. The molecule has 0 N–H and O–H groups in total. The highest BCUT2D eigenvalue weighted by Crippen LogP contribution is 2.58. The summed E-state index contributed by atoms with van der Waals surface area (Å²) in [6.07, 6.45) is 9.97. The van der Waals surface area contributed by atoms with E-state index in [1.54, 1.807) is 11.3 Å². The van der Waals surface area contributed by atoms with Gasteiger partial charge in [0.15, 0.2) is 5.82 Å². The molecule has 0 saturated heterocycles. The van der Waals surface area contributed by atoms with Crippen molar-refractivity contribution in [2.24, 2.45) is 0 Å². The highest BCUT2D eigenvalue weighted by atomic mass is 32.1. The number of rotatable bonds is 3. The average molecular weight is 662 g/mol. The van der Waals surface area contributed by atoms with Gasteiger partial charge in [-0.05, 0) is 71.0 Å². The van der Waals surface area contributed by atoms with Crippen LogP contribution in [0.1, 0.15) is 43.2 Å². The Bertz CT molecular complexity index is 2810. The van der Waals surface area contributed by atoms with Crippen LogP contribution < -0.4 is 0 Å². The summed E-state index contributed by atoms with van der Waals surface area (Å²) < 4.78 is 9.17. The molecule has 0 radical (unpaired) electrons. The fraction of sp³-hybridized carbons (Fsp3) is 0.133. The van der Waals surface area contributed by atoms with E-state index < -0.39 is 0 Å². The van der Waals surface area contributed by atoms with Gasteiger partial charge in [-0.25, -0.2) is 9.97 Å². The molecule has 4 heterocycles. The number of furan rings is 1. The summed E-state index contributed by atoms with van der Waals surface area (Å²) in [4.78, 5) is 14.6. The van der Waals surface area contributed by atoms with Gasteiger partial charge in [-0.1, -0.05) is 104 Å². The SMILES string of the molecule is c1ccc2c(c1)-c1c(-c3cccc4c3oc3cc(-c5nc(-c6ccncc6)c6sc7ccccc7c6n5)ccc34)cccc1C21CCCCC1. The molecule has 5 aromatic carbocycles. The third kappa shape index (κ3) is 3.95. The molecule has 2 aliphatic carbocycles. The second-order valence-corrected chi connectivity index (χ2v) is 14.9. The largest absolute Gasteiger partial charge is 0.455 e. The number of nitrogens with zero attached hydrogens (tertiary/aromatic N) is 3. The van der Waals surface area contributed by atoms with E-state index in [2.05, 4.69) is 108 Å². The van der Waals surface area contributed by atoms with E-state index in [0.29, 0.717) is 5.82 Å². The third-order valence-corrected chi connectivity index (χ3v) is 12.4. The summed E-state index contributed by atoms with van der Waals surface area (Å²) >= 11 is 1.74. The zero-order valence-corrected chi connectivity index (χ0v) is 28.1. The average Bonchev–Trinajstić information content (AvgIpc) is 3.83.